The van der Waals surface area contributed by atoms with Gasteiger partial charge in [0.2, 0.25) is 0 Å². The summed E-state index contributed by atoms with van der Waals surface area (Å²) in [4.78, 5) is 25.6. The monoisotopic (exact) mass is 398 g/mol. The highest BCUT2D eigenvalue weighted by Crippen LogP contribution is 2.51. The van der Waals surface area contributed by atoms with Gasteiger partial charge in [-0.1, -0.05) is 39.8 Å². The van der Waals surface area contributed by atoms with E-state index in [1.807, 2.05) is 30.0 Å². The molecule has 1 aliphatic heterocycles. The lowest BCUT2D eigenvalue weighted by Crippen LogP contribution is -2.33. The van der Waals surface area contributed by atoms with Crippen LogP contribution < -0.4 is 0 Å². The maximum atomic E-state index is 12.5. The van der Waals surface area contributed by atoms with Gasteiger partial charge in [0, 0.05) is 15.2 Å². The van der Waals surface area contributed by atoms with Crippen LogP contribution in [0.25, 0.3) is 11.1 Å². The van der Waals surface area contributed by atoms with Gasteiger partial charge in [0.05, 0.1) is 17.7 Å². The number of carbonyl (C=O) groups is 2. The predicted molar refractivity (Wildman–Crippen MR) is 112 cm³/mol. The van der Waals surface area contributed by atoms with E-state index in [4.69, 9.17) is 4.74 Å². The van der Waals surface area contributed by atoms with E-state index in [1.54, 1.807) is 19.1 Å². The first kappa shape index (κ1) is 20.5. The Morgan fingerprint density at radius 3 is 2.43 bits per heavy atom. The largest absolute Gasteiger partial charge is 0.478 e. The molecular formula is C23H26O4S. The summed E-state index contributed by atoms with van der Waals surface area (Å²) in [6.07, 6.45) is 1.01. The molecule has 0 fully saturated rings. The summed E-state index contributed by atoms with van der Waals surface area (Å²) in [5, 5.41) is 9.72. The summed E-state index contributed by atoms with van der Waals surface area (Å²) in [5.74, 6) is -1.57. The summed E-state index contributed by atoms with van der Waals surface area (Å²) in [6, 6.07) is 10.7. The van der Waals surface area contributed by atoms with Gasteiger partial charge in [0.1, 0.15) is 0 Å². The van der Waals surface area contributed by atoms with Gasteiger partial charge in [-0.25, -0.2) is 9.59 Å². The number of fused-ring (bicyclic) bond motifs is 1. The summed E-state index contributed by atoms with van der Waals surface area (Å²) in [7, 11) is 0. The van der Waals surface area contributed by atoms with Gasteiger partial charge in [-0.15, -0.1) is 11.8 Å². The molecule has 3 rings (SSSR count). The smallest absolute Gasteiger partial charge is 0.338 e. The molecule has 1 N–H and O–H groups in total. The number of ether oxygens (including phenoxy) is 1. The van der Waals surface area contributed by atoms with Gasteiger partial charge in [-0.2, -0.15) is 0 Å². The number of hydrogen-bond donors (Lipinski definition) is 1. The van der Waals surface area contributed by atoms with Gasteiger partial charge in [0.25, 0.3) is 0 Å². The third kappa shape index (κ3) is 3.81. The molecule has 1 heterocycles. The minimum absolute atomic E-state index is 0.0532. The molecular weight excluding hydrogens is 372 g/mol. The number of carboxylic acid groups (broad SMARTS) is 1. The second kappa shape index (κ2) is 7.28. The average Bonchev–Trinajstić information content (AvgIpc) is 2.59. The molecule has 0 spiro atoms. The standard InChI is InChI=1S/C23H26O4S/c1-6-27-21(26)16-9-7-8-15(20(24)25)19(16)14-10-11-18-17(12-14)22(2,3)13-23(4,5)28-18/h7-12H,6,13H2,1-5H3,(H,24,25). The summed E-state index contributed by atoms with van der Waals surface area (Å²) >= 11 is 1.84. The van der Waals surface area contributed by atoms with Crippen molar-refractivity contribution in [2.45, 2.75) is 56.1 Å². The zero-order chi connectivity index (χ0) is 20.7. The van der Waals surface area contributed by atoms with Crippen LogP contribution in [-0.4, -0.2) is 28.4 Å². The minimum Gasteiger partial charge on any atom is -0.478 e. The van der Waals surface area contributed by atoms with Crippen molar-refractivity contribution >= 4 is 23.7 Å². The van der Waals surface area contributed by atoms with Crippen molar-refractivity contribution in [2.75, 3.05) is 6.61 Å². The van der Waals surface area contributed by atoms with Crippen molar-refractivity contribution < 1.29 is 19.4 Å². The van der Waals surface area contributed by atoms with Gasteiger partial charge in [-0.05, 0) is 54.2 Å². The molecule has 0 aromatic heterocycles. The molecule has 0 radical (unpaired) electrons. The number of rotatable bonds is 4. The Balaban J connectivity index is 2.23. The zero-order valence-corrected chi connectivity index (χ0v) is 17.8. The molecule has 28 heavy (non-hydrogen) atoms. The van der Waals surface area contributed by atoms with Crippen LogP contribution in [0.4, 0.5) is 0 Å². The van der Waals surface area contributed by atoms with Crippen LogP contribution in [0.2, 0.25) is 0 Å². The second-order valence-electron chi connectivity index (χ2n) is 8.39. The highest BCUT2D eigenvalue weighted by atomic mass is 32.2. The SMILES string of the molecule is CCOC(=O)c1cccc(C(=O)O)c1-c1ccc2c(c1)C(C)(C)CC(C)(C)S2. The predicted octanol–water partition coefficient (Wildman–Crippen LogP) is 5.78. The molecule has 148 valence electrons. The first-order valence-electron chi connectivity index (χ1n) is 9.43. The van der Waals surface area contributed by atoms with Crippen molar-refractivity contribution in [1.82, 2.24) is 0 Å². The number of carboxylic acids is 1. The fourth-order valence-electron chi connectivity index (χ4n) is 4.22. The Bertz CT molecular complexity index is 944. The van der Waals surface area contributed by atoms with Crippen LogP contribution >= 0.6 is 11.8 Å². The first-order valence-corrected chi connectivity index (χ1v) is 10.2. The number of hydrogen-bond acceptors (Lipinski definition) is 4. The van der Waals surface area contributed by atoms with Gasteiger partial charge >= 0.3 is 11.9 Å². The van der Waals surface area contributed by atoms with Crippen molar-refractivity contribution in [2.24, 2.45) is 0 Å². The molecule has 2 aromatic rings. The van der Waals surface area contributed by atoms with Crippen LogP contribution in [0.15, 0.2) is 41.3 Å². The quantitative estimate of drug-likeness (QED) is 0.661. The number of aromatic carboxylic acids is 1. The number of thioether (sulfide) groups is 1. The van der Waals surface area contributed by atoms with Crippen LogP contribution in [0.5, 0.6) is 0 Å². The Morgan fingerprint density at radius 2 is 1.79 bits per heavy atom. The molecule has 0 atom stereocenters. The molecule has 0 amide bonds. The number of esters is 1. The Kier molecular flexibility index (Phi) is 5.32. The third-order valence-corrected chi connectivity index (χ3v) is 6.31. The van der Waals surface area contributed by atoms with Crippen LogP contribution in [0, 0.1) is 0 Å². The topological polar surface area (TPSA) is 63.6 Å². The molecule has 1 aliphatic rings. The first-order chi connectivity index (χ1) is 13.1. The van der Waals surface area contributed by atoms with Crippen molar-refractivity contribution in [3.05, 3.63) is 53.1 Å². The normalized spacial score (nSPS) is 16.9. The van der Waals surface area contributed by atoms with E-state index < -0.39 is 11.9 Å². The molecule has 0 bridgehead atoms. The molecule has 2 aromatic carbocycles. The molecule has 5 heteroatoms. The van der Waals surface area contributed by atoms with E-state index in [0.29, 0.717) is 5.56 Å². The summed E-state index contributed by atoms with van der Waals surface area (Å²) in [5.41, 5.74) is 2.66. The van der Waals surface area contributed by atoms with E-state index in [0.717, 1.165) is 12.0 Å². The molecule has 0 aliphatic carbocycles. The van der Waals surface area contributed by atoms with Crippen LogP contribution in [0.1, 0.15) is 67.3 Å². The van der Waals surface area contributed by atoms with Gasteiger partial charge in [0.15, 0.2) is 0 Å². The fourth-order valence-corrected chi connectivity index (χ4v) is 5.83. The Morgan fingerprint density at radius 1 is 1.11 bits per heavy atom. The molecule has 0 saturated carbocycles. The fraction of sp³-hybridized carbons (Fsp3) is 0.391. The van der Waals surface area contributed by atoms with Crippen molar-refractivity contribution in [3.63, 3.8) is 0 Å². The number of carbonyl (C=O) groups excluding carboxylic acids is 1. The van der Waals surface area contributed by atoms with Crippen molar-refractivity contribution in [3.8, 4) is 11.1 Å². The summed E-state index contributed by atoms with van der Waals surface area (Å²) in [6.45, 7) is 10.9. The maximum Gasteiger partial charge on any atom is 0.338 e. The van der Waals surface area contributed by atoms with E-state index in [-0.39, 0.29) is 27.9 Å². The van der Waals surface area contributed by atoms with E-state index >= 15 is 0 Å². The lowest BCUT2D eigenvalue weighted by Gasteiger charge is -2.42. The van der Waals surface area contributed by atoms with E-state index in [1.165, 1.54) is 16.5 Å². The van der Waals surface area contributed by atoms with Crippen LogP contribution in [0.3, 0.4) is 0 Å². The van der Waals surface area contributed by atoms with E-state index in [2.05, 4.69) is 27.7 Å². The minimum atomic E-state index is -1.06. The van der Waals surface area contributed by atoms with Gasteiger partial charge < -0.3 is 9.84 Å². The van der Waals surface area contributed by atoms with E-state index in [9.17, 15) is 14.7 Å². The number of benzene rings is 2. The second-order valence-corrected chi connectivity index (χ2v) is 10.1. The lowest BCUT2D eigenvalue weighted by atomic mass is 9.76. The third-order valence-electron chi connectivity index (χ3n) is 5.04. The Labute approximate surface area is 170 Å². The zero-order valence-electron chi connectivity index (χ0n) is 17.0. The van der Waals surface area contributed by atoms with Gasteiger partial charge in [-0.3, -0.25) is 0 Å². The van der Waals surface area contributed by atoms with Crippen molar-refractivity contribution in [1.29, 1.82) is 0 Å². The molecule has 4 nitrogen and oxygen atoms in total. The Hall–Kier alpha value is -2.27. The molecule has 0 saturated heterocycles. The highest BCUT2D eigenvalue weighted by Gasteiger charge is 2.38. The summed E-state index contributed by atoms with van der Waals surface area (Å²) < 4.78 is 5.30. The highest BCUT2D eigenvalue weighted by molar-refractivity contribution is 8.00. The maximum absolute atomic E-state index is 12.5. The average molecular weight is 399 g/mol. The van der Waals surface area contributed by atoms with Crippen LogP contribution in [-0.2, 0) is 10.2 Å². The lowest BCUT2D eigenvalue weighted by molar-refractivity contribution is 0.0527. The molecule has 0 unspecified atom stereocenters.